The van der Waals surface area contributed by atoms with Crippen LogP contribution in [0.5, 0.6) is 5.75 Å². The topological polar surface area (TPSA) is 85.0 Å². The van der Waals surface area contributed by atoms with E-state index in [1.807, 2.05) is 0 Å². The minimum atomic E-state index is -0.464. The van der Waals surface area contributed by atoms with Crippen molar-refractivity contribution in [3.05, 3.63) is 69.8 Å². The van der Waals surface area contributed by atoms with Gasteiger partial charge in [-0.1, -0.05) is 29.4 Å². The van der Waals surface area contributed by atoms with Gasteiger partial charge in [-0.05, 0) is 17.7 Å². The second-order valence-electron chi connectivity index (χ2n) is 3.99. The molecule has 0 radical (unpaired) electrons. The van der Waals surface area contributed by atoms with Crippen LogP contribution >= 0.6 is 0 Å². The number of benzene rings is 2. The molecular formula is C14H12N2O4. The summed E-state index contributed by atoms with van der Waals surface area (Å²) in [6, 6.07) is 12.8. The van der Waals surface area contributed by atoms with Crippen molar-refractivity contribution >= 4 is 11.9 Å². The third kappa shape index (κ3) is 3.55. The summed E-state index contributed by atoms with van der Waals surface area (Å²) in [5.74, 6) is 0.107. The number of hydrogen-bond donors (Lipinski definition) is 1. The van der Waals surface area contributed by atoms with Gasteiger partial charge >= 0.3 is 0 Å². The number of nitro benzene ring substituents is 1. The van der Waals surface area contributed by atoms with E-state index in [2.05, 4.69) is 5.16 Å². The number of para-hydroxylation sites is 1. The van der Waals surface area contributed by atoms with Gasteiger partial charge in [-0.2, -0.15) is 0 Å². The molecule has 20 heavy (non-hydrogen) atoms. The highest BCUT2D eigenvalue weighted by Gasteiger charge is 2.05. The van der Waals surface area contributed by atoms with Crippen molar-refractivity contribution in [2.75, 3.05) is 0 Å². The molecule has 0 heterocycles. The van der Waals surface area contributed by atoms with Crippen molar-refractivity contribution in [3.8, 4) is 5.75 Å². The maximum Gasteiger partial charge on any atom is 0.269 e. The molecule has 6 heteroatoms. The molecule has 0 aliphatic heterocycles. The lowest BCUT2D eigenvalue weighted by atomic mass is 10.2. The summed E-state index contributed by atoms with van der Waals surface area (Å²) >= 11 is 0. The second-order valence-corrected chi connectivity index (χ2v) is 3.99. The Hall–Kier alpha value is -2.89. The quantitative estimate of drug-likeness (QED) is 0.515. The van der Waals surface area contributed by atoms with E-state index in [4.69, 9.17) is 4.84 Å². The van der Waals surface area contributed by atoms with Crippen LogP contribution in [0.2, 0.25) is 0 Å². The monoisotopic (exact) mass is 272 g/mol. The number of nitro groups is 1. The number of nitrogens with zero attached hydrogens (tertiary/aromatic N) is 2. The van der Waals surface area contributed by atoms with Crippen LogP contribution in [0.25, 0.3) is 0 Å². The number of oxime groups is 1. The molecule has 0 fully saturated rings. The highest BCUT2D eigenvalue weighted by molar-refractivity contribution is 5.82. The molecule has 0 bridgehead atoms. The van der Waals surface area contributed by atoms with E-state index in [1.54, 1.807) is 36.4 Å². The number of non-ortho nitro benzene ring substituents is 1. The van der Waals surface area contributed by atoms with Crippen LogP contribution in [-0.4, -0.2) is 16.2 Å². The first-order valence-corrected chi connectivity index (χ1v) is 5.83. The minimum absolute atomic E-state index is 0.00998. The van der Waals surface area contributed by atoms with Gasteiger partial charge < -0.3 is 9.94 Å². The molecule has 2 aromatic rings. The van der Waals surface area contributed by atoms with E-state index in [1.165, 1.54) is 18.3 Å². The SMILES string of the molecule is O=[N+]([O-])c1cccc(CON=Cc2ccccc2O)c1. The first kappa shape index (κ1) is 13.5. The lowest BCUT2D eigenvalue weighted by Gasteiger charge is -2.00. The molecule has 0 unspecified atom stereocenters. The fraction of sp³-hybridized carbons (Fsp3) is 0.0714. The zero-order valence-electron chi connectivity index (χ0n) is 10.5. The Morgan fingerprint density at radius 2 is 2.05 bits per heavy atom. The molecule has 0 saturated carbocycles. The van der Waals surface area contributed by atoms with Crippen LogP contribution in [0.4, 0.5) is 5.69 Å². The molecule has 0 amide bonds. The number of hydrogen-bond acceptors (Lipinski definition) is 5. The average Bonchev–Trinajstić information content (AvgIpc) is 2.45. The zero-order valence-corrected chi connectivity index (χ0v) is 10.5. The van der Waals surface area contributed by atoms with Crippen LogP contribution in [0.1, 0.15) is 11.1 Å². The van der Waals surface area contributed by atoms with Crippen molar-refractivity contribution in [1.82, 2.24) is 0 Å². The van der Waals surface area contributed by atoms with Crippen LogP contribution in [0.15, 0.2) is 53.7 Å². The fourth-order valence-corrected chi connectivity index (χ4v) is 1.56. The first-order chi connectivity index (χ1) is 9.66. The largest absolute Gasteiger partial charge is 0.507 e. The molecule has 0 spiro atoms. The highest BCUT2D eigenvalue weighted by atomic mass is 16.6. The molecule has 0 aliphatic carbocycles. The number of phenols is 1. The van der Waals surface area contributed by atoms with E-state index in [9.17, 15) is 15.2 Å². The molecular weight excluding hydrogens is 260 g/mol. The second kappa shape index (κ2) is 6.33. The Morgan fingerprint density at radius 3 is 2.80 bits per heavy atom. The smallest absolute Gasteiger partial charge is 0.269 e. The van der Waals surface area contributed by atoms with Gasteiger partial charge in [0.2, 0.25) is 0 Å². The van der Waals surface area contributed by atoms with Gasteiger partial charge in [0.15, 0.2) is 0 Å². The Kier molecular flexibility index (Phi) is 4.28. The molecule has 2 aromatic carbocycles. The van der Waals surface area contributed by atoms with Gasteiger partial charge in [0.25, 0.3) is 5.69 Å². The number of aromatic hydroxyl groups is 1. The van der Waals surface area contributed by atoms with Crippen molar-refractivity contribution in [2.24, 2.45) is 5.16 Å². The Balaban J connectivity index is 1.95. The van der Waals surface area contributed by atoms with Gasteiger partial charge in [0.1, 0.15) is 12.4 Å². The molecule has 0 saturated heterocycles. The van der Waals surface area contributed by atoms with Crippen LogP contribution in [-0.2, 0) is 11.4 Å². The number of phenolic OH excluding ortho intramolecular Hbond substituents is 1. The predicted octanol–water partition coefficient (Wildman–Crippen LogP) is 2.85. The van der Waals surface area contributed by atoms with Crippen LogP contribution < -0.4 is 0 Å². The first-order valence-electron chi connectivity index (χ1n) is 5.83. The molecule has 1 N–H and O–H groups in total. The number of rotatable bonds is 5. The minimum Gasteiger partial charge on any atom is -0.507 e. The summed E-state index contributed by atoms with van der Waals surface area (Å²) in [6.45, 7) is 0.117. The van der Waals surface area contributed by atoms with E-state index < -0.39 is 4.92 Å². The fourth-order valence-electron chi connectivity index (χ4n) is 1.56. The van der Waals surface area contributed by atoms with Crippen molar-refractivity contribution in [2.45, 2.75) is 6.61 Å². The molecule has 6 nitrogen and oxygen atoms in total. The van der Waals surface area contributed by atoms with Crippen molar-refractivity contribution < 1.29 is 14.9 Å². The zero-order chi connectivity index (χ0) is 14.4. The maximum atomic E-state index is 10.6. The molecule has 0 aromatic heterocycles. The van der Waals surface area contributed by atoms with E-state index in [0.29, 0.717) is 11.1 Å². The van der Waals surface area contributed by atoms with Crippen LogP contribution in [0.3, 0.4) is 0 Å². The highest BCUT2D eigenvalue weighted by Crippen LogP contribution is 2.15. The lowest BCUT2D eigenvalue weighted by Crippen LogP contribution is -1.92. The summed E-state index contributed by atoms with van der Waals surface area (Å²) in [5.41, 5.74) is 1.19. The predicted molar refractivity (Wildman–Crippen MR) is 73.6 cm³/mol. The summed E-state index contributed by atoms with van der Waals surface area (Å²) in [4.78, 5) is 15.2. The maximum absolute atomic E-state index is 10.6. The molecule has 102 valence electrons. The third-order valence-corrected chi connectivity index (χ3v) is 2.56. The van der Waals surface area contributed by atoms with Crippen LogP contribution in [0, 0.1) is 10.1 Å². The van der Waals surface area contributed by atoms with E-state index in [0.717, 1.165) is 0 Å². The standard InChI is InChI=1S/C14H12N2O4/c17-14-7-2-1-5-12(14)9-15-20-10-11-4-3-6-13(8-11)16(18)19/h1-9,17H,10H2. The third-order valence-electron chi connectivity index (χ3n) is 2.56. The summed E-state index contributed by atoms with van der Waals surface area (Å²) < 4.78 is 0. The summed E-state index contributed by atoms with van der Waals surface area (Å²) in [5, 5.41) is 23.8. The van der Waals surface area contributed by atoms with E-state index in [-0.39, 0.29) is 18.0 Å². The Labute approximate surface area is 115 Å². The molecule has 0 atom stereocenters. The molecule has 2 rings (SSSR count). The van der Waals surface area contributed by atoms with Crippen molar-refractivity contribution in [1.29, 1.82) is 0 Å². The lowest BCUT2D eigenvalue weighted by molar-refractivity contribution is -0.384. The van der Waals surface area contributed by atoms with Gasteiger partial charge in [-0.25, -0.2) is 0 Å². The van der Waals surface area contributed by atoms with Gasteiger partial charge in [-0.3, -0.25) is 10.1 Å². The van der Waals surface area contributed by atoms with Gasteiger partial charge in [0, 0.05) is 17.7 Å². The molecule has 0 aliphatic rings. The summed E-state index contributed by atoms with van der Waals surface area (Å²) in [6.07, 6.45) is 1.38. The summed E-state index contributed by atoms with van der Waals surface area (Å²) in [7, 11) is 0. The van der Waals surface area contributed by atoms with E-state index >= 15 is 0 Å². The average molecular weight is 272 g/mol. The van der Waals surface area contributed by atoms with Gasteiger partial charge in [0.05, 0.1) is 11.1 Å². The van der Waals surface area contributed by atoms with Gasteiger partial charge in [-0.15, -0.1) is 0 Å². The Bertz CT molecular complexity index is 641. The van der Waals surface area contributed by atoms with Crippen molar-refractivity contribution in [3.63, 3.8) is 0 Å². The normalized spacial score (nSPS) is 10.6. The Morgan fingerprint density at radius 1 is 1.25 bits per heavy atom.